The third kappa shape index (κ3) is 5.45. The predicted octanol–water partition coefficient (Wildman–Crippen LogP) is 6.53. The maximum Gasteiger partial charge on any atom is 0.332 e. The van der Waals surface area contributed by atoms with E-state index in [1.165, 1.54) is 44.9 Å². The van der Waals surface area contributed by atoms with Gasteiger partial charge in [0.05, 0.1) is 31.5 Å². The van der Waals surface area contributed by atoms with Crippen molar-refractivity contribution < 1.29 is 38.4 Å². The number of methoxy groups -OCH3 is 1. The Morgan fingerprint density at radius 2 is 1.71 bits per heavy atom. The van der Waals surface area contributed by atoms with Crippen LogP contribution in [0.1, 0.15) is 126 Å². The van der Waals surface area contributed by atoms with Gasteiger partial charge in [-0.15, -0.1) is 0 Å². The Kier molecular flexibility index (Phi) is 8.91. The van der Waals surface area contributed by atoms with Crippen LogP contribution >= 0.6 is 0 Å². The fourth-order valence-corrected chi connectivity index (χ4v) is 14.5. The summed E-state index contributed by atoms with van der Waals surface area (Å²) in [6.45, 7) is 17.8. The molecule has 2 heterocycles. The highest BCUT2D eigenvalue weighted by atomic mass is 16.7. The van der Waals surface area contributed by atoms with Crippen LogP contribution in [-0.4, -0.2) is 91.6 Å². The van der Waals surface area contributed by atoms with Crippen molar-refractivity contribution in [1.82, 2.24) is 4.90 Å². The summed E-state index contributed by atoms with van der Waals surface area (Å²) >= 11 is 0. The smallest absolute Gasteiger partial charge is 0.332 e. The first kappa shape index (κ1) is 36.7. The van der Waals surface area contributed by atoms with E-state index in [1.54, 1.807) is 7.11 Å². The Morgan fingerprint density at radius 3 is 2.41 bits per heavy atom. The van der Waals surface area contributed by atoms with Crippen molar-refractivity contribution in [2.75, 3.05) is 33.4 Å². The predicted molar refractivity (Wildman–Crippen MR) is 191 cm³/mol. The van der Waals surface area contributed by atoms with Gasteiger partial charge in [0.1, 0.15) is 18.3 Å². The second-order valence-corrected chi connectivity index (χ2v) is 20.3. The lowest BCUT2D eigenvalue weighted by molar-refractivity contribution is -0.248. The minimum atomic E-state index is -0.754. The van der Waals surface area contributed by atoms with Gasteiger partial charge in [-0.2, -0.15) is 0 Å². The molecule has 1 amide bonds. The highest BCUT2D eigenvalue weighted by Crippen LogP contribution is 2.89. The number of aliphatic hydroxyl groups excluding tert-OH is 1. The molecule has 9 nitrogen and oxygen atoms in total. The van der Waals surface area contributed by atoms with Gasteiger partial charge in [0.2, 0.25) is 5.91 Å². The minimum Gasteiger partial charge on any atom is -0.455 e. The summed E-state index contributed by atoms with van der Waals surface area (Å²) in [4.78, 5) is 26.9. The van der Waals surface area contributed by atoms with Crippen molar-refractivity contribution in [3.63, 3.8) is 0 Å². The number of fused-ring (bicyclic) bond motifs is 2. The molecule has 0 bridgehead atoms. The van der Waals surface area contributed by atoms with Gasteiger partial charge < -0.3 is 33.7 Å². The molecule has 13 atom stereocenters. The topological polar surface area (TPSA) is 104 Å². The maximum absolute atomic E-state index is 12.9. The van der Waals surface area contributed by atoms with Crippen molar-refractivity contribution in [2.24, 2.45) is 56.7 Å². The Hall–Kier alpha value is -1.26. The first-order valence-corrected chi connectivity index (χ1v) is 20.6. The lowest BCUT2D eigenvalue weighted by Gasteiger charge is -2.64. The van der Waals surface area contributed by atoms with E-state index in [9.17, 15) is 14.7 Å². The Bertz CT molecular complexity index is 1380. The maximum atomic E-state index is 12.9. The molecule has 2 aliphatic heterocycles. The van der Waals surface area contributed by atoms with Crippen LogP contribution in [-0.2, 0) is 33.3 Å². The molecule has 1 N–H and O–H groups in total. The number of aliphatic hydroxyl groups is 1. The normalized spacial score (nSPS) is 48.0. The summed E-state index contributed by atoms with van der Waals surface area (Å²) in [6, 6.07) is 0. The van der Waals surface area contributed by atoms with Crippen LogP contribution in [0.25, 0.3) is 0 Å². The van der Waals surface area contributed by atoms with Crippen molar-refractivity contribution >= 4 is 11.9 Å². The third-order valence-corrected chi connectivity index (χ3v) is 17.4. The van der Waals surface area contributed by atoms with Crippen LogP contribution in [0.3, 0.4) is 0 Å². The third-order valence-electron chi connectivity index (χ3n) is 17.4. The first-order chi connectivity index (χ1) is 24.0. The molecule has 7 unspecified atom stereocenters. The van der Waals surface area contributed by atoms with E-state index in [0.717, 1.165) is 25.7 Å². The zero-order chi connectivity index (χ0) is 36.4. The molecular formula is C42H67NO8. The second kappa shape index (κ2) is 12.4. The SMILES string of the molecule is COC(C[C@@H](C)[C@H]1C[C@H](O)[C@@]2(C)C3CC[C@H]4C(C)(C)C(O[C@H]5CN(C(=O)CC6CC6)CCO5)CCC45CC35CCC12C)C1OCC(=O)OC1(C)C. The van der Waals surface area contributed by atoms with Crippen LogP contribution in [0.5, 0.6) is 0 Å². The number of ether oxygens (including phenoxy) is 5. The molecule has 2 saturated heterocycles. The second-order valence-electron chi connectivity index (χ2n) is 20.3. The molecule has 6 aliphatic carbocycles. The molecule has 0 aromatic heterocycles. The van der Waals surface area contributed by atoms with Gasteiger partial charge in [-0.05, 0) is 136 Å². The number of amides is 1. The number of rotatable bonds is 9. The summed E-state index contributed by atoms with van der Waals surface area (Å²) in [7, 11) is 1.74. The van der Waals surface area contributed by atoms with E-state index in [4.69, 9.17) is 23.7 Å². The summed E-state index contributed by atoms with van der Waals surface area (Å²) < 4.78 is 30.8. The number of nitrogens with zero attached hydrogens (tertiary/aromatic N) is 1. The Balaban J connectivity index is 0.963. The highest BCUT2D eigenvalue weighted by molar-refractivity contribution is 5.76. The number of esters is 1. The molecule has 8 aliphatic rings. The average molecular weight is 714 g/mol. The average Bonchev–Trinajstić information content (AvgIpc) is 3.99. The van der Waals surface area contributed by atoms with Gasteiger partial charge in [-0.1, -0.05) is 34.6 Å². The molecule has 2 spiro atoms. The van der Waals surface area contributed by atoms with Crippen LogP contribution in [0.4, 0.5) is 0 Å². The van der Waals surface area contributed by atoms with Crippen LogP contribution < -0.4 is 0 Å². The minimum absolute atomic E-state index is 0.0157. The van der Waals surface area contributed by atoms with Crippen molar-refractivity contribution in [3.8, 4) is 0 Å². The van der Waals surface area contributed by atoms with Gasteiger partial charge in [-0.25, -0.2) is 4.79 Å². The van der Waals surface area contributed by atoms with E-state index in [0.29, 0.717) is 66.5 Å². The molecular weight excluding hydrogens is 646 g/mol. The Morgan fingerprint density at radius 1 is 0.980 bits per heavy atom. The number of carbonyl (C=O) groups excluding carboxylic acids is 2. The molecule has 0 aromatic carbocycles. The highest BCUT2D eigenvalue weighted by Gasteiger charge is 2.83. The van der Waals surface area contributed by atoms with Gasteiger partial charge in [0.15, 0.2) is 6.29 Å². The molecule has 6 saturated carbocycles. The summed E-state index contributed by atoms with van der Waals surface area (Å²) in [5.74, 6) is 2.35. The molecule has 288 valence electrons. The number of hydrogen-bond acceptors (Lipinski definition) is 8. The molecule has 8 fully saturated rings. The molecule has 0 radical (unpaired) electrons. The van der Waals surface area contributed by atoms with Gasteiger partial charge in [-0.3, -0.25) is 4.79 Å². The van der Waals surface area contributed by atoms with Crippen LogP contribution in [0.2, 0.25) is 0 Å². The van der Waals surface area contributed by atoms with Crippen LogP contribution in [0.15, 0.2) is 0 Å². The quantitative estimate of drug-likeness (QED) is 0.269. The van der Waals surface area contributed by atoms with E-state index < -0.39 is 5.60 Å². The van der Waals surface area contributed by atoms with Crippen molar-refractivity contribution in [1.29, 1.82) is 0 Å². The lowest BCUT2D eigenvalue weighted by atomic mass is 9.41. The van der Waals surface area contributed by atoms with E-state index in [2.05, 4.69) is 34.6 Å². The Labute approximate surface area is 306 Å². The van der Waals surface area contributed by atoms with Gasteiger partial charge in [0, 0.05) is 25.5 Å². The molecule has 51 heavy (non-hydrogen) atoms. The summed E-state index contributed by atoms with van der Waals surface area (Å²) in [5, 5.41) is 12.2. The zero-order valence-corrected chi connectivity index (χ0v) is 32.8. The van der Waals surface area contributed by atoms with E-state index in [-0.39, 0.29) is 65.4 Å². The number of morpholine rings is 1. The van der Waals surface area contributed by atoms with E-state index >= 15 is 0 Å². The lowest BCUT2D eigenvalue weighted by Crippen LogP contribution is -2.60. The first-order valence-electron chi connectivity index (χ1n) is 20.6. The largest absolute Gasteiger partial charge is 0.455 e. The van der Waals surface area contributed by atoms with Crippen molar-refractivity contribution in [2.45, 2.75) is 162 Å². The number of carbonyl (C=O) groups is 2. The number of hydrogen-bond donors (Lipinski definition) is 1. The van der Waals surface area contributed by atoms with Crippen LogP contribution in [0, 0.1) is 56.7 Å². The zero-order valence-electron chi connectivity index (χ0n) is 32.8. The van der Waals surface area contributed by atoms with E-state index in [1.807, 2.05) is 18.7 Å². The van der Waals surface area contributed by atoms with Gasteiger partial charge in [0.25, 0.3) is 0 Å². The monoisotopic (exact) mass is 713 g/mol. The molecule has 0 aromatic rings. The van der Waals surface area contributed by atoms with Crippen molar-refractivity contribution in [3.05, 3.63) is 0 Å². The number of cyclic esters (lactones) is 1. The summed E-state index contributed by atoms with van der Waals surface area (Å²) in [6.07, 6.45) is 11.9. The fourth-order valence-electron chi connectivity index (χ4n) is 14.5. The standard InChI is InChI=1S/C42H67NO8/c1-25(19-28(47-8)36-38(4,5)51-34(46)23-49-36)27-21-31(44)40(7)30-12-11-29-37(2,3)32(13-14-41(29)24-42(30,41)16-15-39(27,40)6)50-35-22-43(17-18-48-35)33(45)20-26-9-10-26/h25-32,35-36,44H,9-24H2,1-8H3/t25-,27-,28?,29+,30?,31+,32?,35+,36?,39?,40-,41?,42?/m1/s1. The van der Waals surface area contributed by atoms with Gasteiger partial charge >= 0.3 is 5.97 Å². The molecule has 8 rings (SSSR count). The summed E-state index contributed by atoms with van der Waals surface area (Å²) in [5.41, 5.74) is -0.214. The fraction of sp³-hybridized carbons (Fsp3) is 0.952. The molecule has 9 heteroatoms.